The second-order valence-electron chi connectivity index (χ2n) is 5.12. The van der Waals surface area contributed by atoms with Gasteiger partial charge in [0.05, 0.1) is 5.69 Å². The van der Waals surface area contributed by atoms with Gasteiger partial charge in [0.2, 0.25) is 10.0 Å². The molecule has 110 valence electrons. The van der Waals surface area contributed by atoms with E-state index in [1.807, 2.05) is 18.2 Å². The van der Waals surface area contributed by atoms with E-state index in [1.54, 1.807) is 0 Å². The fourth-order valence-electron chi connectivity index (χ4n) is 2.62. The van der Waals surface area contributed by atoms with Gasteiger partial charge in [0.1, 0.15) is 4.90 Å². The summed E-state index contributed by atoms with van der Waals surface area (Å²) < 4.78 is 27.0. The van der Waals surface area contributed by atoms with Crippen LogP contribution in [0.15, 0.2) is 47.6 Å². The maximum absolute atomic E-state index is 12.8. The van der Waals surface area contributed by atoms with Crippen LogP contribution in [0.5, 0.6) is 0 Å². The van der Waals surface area contributed by atoms with Gasteiger partial charge in [-0.1, -0.05) is 24.3 Å². The molecule has 0 amide bonds. The predicted molar refractivity (Wildman–Crippen MR) is 81.0 cm³/mol. The molecule has 0 radical (unpaired) electrons. The van der Waals surface area contributed by atoms with E-state index in [-0.39, 0.29) is 10.6 Å². The number of benzene rings is 1. The van der Waals surface area contributed by atoms with Crippen LogP contribution in [0, 0.1) is 0 Å². The first kappa shape index (κ1) is 14.0. The predicted octanol–water partition coefficient (Wildman–Crippen LogP) is 1.80. The Morgan fingerprint density at radius 1 is 1.14 bits per heavy atom. The third-order valence-electron chi connectivity index (χ3n) is 3.75. The van der Waals surface area contributed by atoms with Crippen molar-refractivity contribution in [2.75, 3.05) is 12.3 Å². The van der Waals surface area contributed by atoms with E-state index >= 15 is 0 Å². The molecule has 2 N–H and O–H groups in total. The third kappa shape index (κ3) is 2.64. The monoisotopic (exact) mass is 303 g/mol. The van der Waals surface area contributed by atoms with Gasteiger partial charge < -0.3 is 5.73 Å². The lowest BCUT2D eigenvalue weighted by Crippen LogP contribution is -2.31. The summed E-state index contributed by atoms with van der Waals surface area (Å²) in [5.41, 5.74) is 8.31. The van der Waals surface area contributed by atoms with Crippen LogP contribution < -0.4 is 5.73 Å². The number of rotatable bonds is 2. The normalized spacial score (nSPS) is 16.2. The Hall–Kier alpha value is -1.92. The number of hydrogen-bond donors (Lipinski definition) is 1. The highest BCUT2D eigenvalue weighted by molar-refractivity contribution is 7.89. The number of sulfonamides is 1. The molecule has 21 heavy (non-hydrogen) atoms. The Morgan fingerprint density at radius 2 is 1.90 bits per heavy atom. The van der Waals surface area contributed by atoms with Gasteiger partial charge in [0.25, 0.3) is 0 Å². The second-order valence-corrected chi connectivity index (χ2v) is 7.03. The van der Waals surface area contributed by atoms with Crippen molar-refractivity contribution in [3.8, 4) is 0 Å². The molecule has 0 unspecified atom stereocenters. The zero-order chi connectivity index (χ0) is 14.9. The molecule has 0 saturated carbocycles. The fraction of sp³-hybridized carbons (Fsp3) is 0.267. The van der Waals surface area contributed by atoms with Gasteiger partial charge in [-0.25, -0.2) is 8.42 Å². The van der Waals surface area contributed by atoms with E-state index in [9.17, 15) is 8.42 Å². The largest absolute Gasteiger partial charge is 0.398 e. The highest BCUT2D eigenvalue weighted by Crippen LogP contribution is 2.26. The van der Waals surface area contributed by atoms with Gasteiger partial charge in [-0.2, -0.15) is 4.31 Å². The molecular weight excluding hydrogens is 286 g/mol. The van der Waals surface area contributed by atoms with E-state index in [2.05, 4.69) is 11.1 Å². The van der Waals surface area contributed by atoms with E-state index in [0.29, 0.717) is 13.1 Å². The summed E-state index contributed by atoms with van der Waals surface area (Å²) in [7, 11) is -3.61. The first-order valence-electron chi connectivity index (χ1n) is 6.85. The lowest BCUT2D eigenvalue weighted by molar-refractivity contribution is 0.410. The van der Waals surface area contributed by atoms with Crippen LogP contribution in [0.3, 0.4) is 0 Å². The van der Waals surface area contributed by atoms with E-state index in [1.165, 1.54) is 28.3 Å². The van der Waals surface area contributed by atoms with Gasteiger partial charge >= 0.3 is 0 Å². The number of pyridine rings is 1. The zero-order valence-corrected chi connectivity index (χ0v) is 12.4. The summed E-state index contributed by atoms with van der Waals surface area (Å²) in [6.45, 7) is 0.873. The number of aryl methyl sites for hydroxylation is 1. The van der Waals surface area contributed by atoms with Gasteiger partial charge in [-0.3, -0.25) is 4.98 Å². The molecule has 1 aliphatic rings. The highest BCUT2D eigenvalue weighted by atomic mass is 32.2. The lowest BCUT2D eigenvalue weighted by Gasteiger charge is -2.21. The van der Waals surface area contributed by atoms with Crippen molar-refractivity contribution in [2.24, 2.45) is 0 Å². The van der Waals surface area contributed by atoms with Crippen LogP contribution in [0.25, 0.3) is 0 Å². The fourth-order valence-corrected chi connectivity index (χ4v) is 4.14. The Balaban J connectivity index is 1.99. The third-order valence-corrected chi connectivity index (χ3v) is 5.64. The zero-order valence-electron chi connectivity index (χ0n) is 11.6. The summed E-state index contributed by atoms with van der Waals surface area (Å²) in [5, 5.41) is 0. The molecule has 1 aliphatic heterocycles. The van der Waals surface area contributed by atoms with Crippen LogP contribution in [0.2, 0.25) is 0 Å². The topological polar surface area (TPSA) is 76.3 Å². The van der Waals surface area contributed by atoms with Crippen molar-refractivity contribution in [1.82, 2.24) is 9.29 Å². The van der Waals surface area contributed by atoms with Gasteiger partial charge in [-0.05, 0) is 30.0 Å². The Kier molecular flexibility index (Phi) is 3.65. The molecule has 0 bridgehead atoms. The van der Waals surface area contributed by atoms with Crippen LogP contribution in [-0.4, -0.2) is 24.3 Å². The van der Waals surface area contributed by atoms with Crippen molar-refractivity contribution in [2.45, 2.75) is 24.3 Å². The van der Waals surface area contributed by atoms with Crippen molar-refractivity contribution in [3.63, 3.8) is 0 Å². The number of hydrogen-bond acceptors (Lipinski definition) is 4. The van der Waals surface area contributed by atoms with Gasteiger partial charge in [0.15, 0.2) is 0 Å². The summed E-state index contributed by atoms with van der Waals surface area (Å²) in [6, 6.07) is 9.48. The minimum atomic E-state index is -3.61. The Labute approximate surface area is 124 Å². The van der Waals surface area contributed by atoms with Crippen molar-refractivity contribution in [1.29, 1.82) is 0 Å². The molecule has 0 atom stereocenters. The first-order valence-corrected chi connectivity index (χ1v) is 8.29. The van der Waals surface area contributed by atoms with E-state index in [4.69, 9.17) is 5.73 Å². The average Bonchev–Trinajstić information content (AvgIpc) is 2.70. The number of anilines is 1. The number of nitrogen functional groups attached to an aromatic ring is 1. The quantitative estimate of drug-likeness (QED) is 0.918. The molecule has 3 rings (SSSR count). The van der Waals surface area contributed by atoms with Crippen LogP contribution in [-0.2, 0) is 23.0 Å². The Bertz CT molecular complexity index is 759. The van der Waals surface area contributed by atoms with Crippen LogP contribution >= 0.6 is 0 Å². The minimum absolute atomic E-state index is 0.0874. The van der Waals surface area contributed by atoms with E-state index in [0.717, 1.165) is 18.4 Å². The lowest BCUT2D eigenvalue weighted by atomic mass is 10.0. The molecule has 1 aromatic carbocycles. The van der Waals surface area contributed by atoms with Crippen LogP contribution in [0.4, 0.5) is 5.69 Å². The maximum atomic E-state index is 12.8. The van der Waals surface area contributed by atoms with Crippen molar-refractivity contribution in [3.05, 3.63) is 53.9 Å². The molecule has 2 heterocycles. The SMILES string of the molecule is Nc1ccncc1S(=O)(=O)N1CCCc2ccccc2C1. The van der Waals surface area contributed by atoms with Crippen molar-refractivity contribution >= 4 is 15.7 Å². The smallest absolute Gasteiger partial charge is 0.246 e. The highest BCUT2D eigenvalue weighted by Gasteiger charge is 2.28. The Morgan fingerprint density at radius 3 is 2.67 bits per heavy atom. The molecular formula is C15H17N3O2S. The van der Waals surface area contributed by atoms with Crippen LogP contribution in [0.1, 0.15) is 17.5 Å². The first-order chi connectivity index (χ1) is 10.1. The molecule has 0 spiro atoms. The molecule has 6 heteroatoms. The molecule has 0 fully saturated rings. The summed E-state index contributed by atoms with van der Waals surface area (Å²) in [5.74, 6) is 0. The summed E-state index contributed by atoms with van der Waals surface area (Å²) in [6.07, 6.45) is 4.51. The minimum Gasteiger partial charge on any atom is -0.398 e. The molecule has 0 saturated heterocycles. The second kappa shape index (κ2) is 5.46. The maximum Gasteiger partial charge on any atom is 0.246 e. The standard InChI is InChI=1S/C15H17N3O2S/c16-14-7-8-17-10-15(14)21(19,20)18-9-3-6-12-4-1-2-5-13(12)11-18/h1-2,4-5,7-8,10H,3,6,9,11H2,(H2,16,17). The molecule has 2 aromatic rings. The number of nitrogens with two attached hydrogens (primary N) is 1. The van der Waals surface area contributed by atoms with Gasteiger partial charge in [-0.15, -0.1) is 0 Å². The van der Waals surface area contributed by atoms with E-state index < -0.39 is 10.0 Å². The average molecular weight is 303 g/mol. The van der Waals surface area contributed by atoms with Gasteiger partial charge in [0, 0.05) is 25.5 Å². The summed E-state index contributed by atoms with van der Waals surface area (Å²) in [4.78, 5) is 3.98. The number of fused-ring (bicyclic) bond motifs is 1. The van der Waals surface area contributed by atoms with Crippen molar-refractivity contribution < 1.29 is 8.42 Å². The summed E-state index contributed by atoms with van der Waals surface area (Å²) >= 11 is 0. The molecule has 5 nitrogen and oxygen atoms in total. The number of aromatic nitrogens is 1. The number of nitrogens with zero attached hydrogens (tertiary/aromatic N) is 2. The molecule has 1 aromatic heterocycles. The molecule has 0 aliphatic carbocycles.